The maximum atomic E-state index is 10.9. The minimum atomic E-state index is -0.645. The Balaban J connectivity index is 2.24. The number of aromatic nitrogens is 2. The standard InChI is InChI=1S/C16H28N2O2/c1-5-18-12-11-17-14(18)13(19)16(20-6-2)9-7-15(3,4)8-10-16/h11-13,19H,5-10H2,1-4H3. The molecular weight excluding hydrogens is 252 g/mol. The molecule has 0 spiro atoms. The van der Waals surface area contributed by atoms with Gasteiger partial charge in [-0.2, -0.15) is 0 Å². The van der Waals surface area contributed by atoms with Gasteiger partial charge in [-0.25, -0.2) is 4.98 Å². The molecule has 0 aliphatic heterocycles. The van der Waals surface area contributed by atoms with Crippen LogP contribution in [0.2, 0.25) is 0 Å². The predicted octanol–water partition coefficient (Wildman–Crippen LogP) is 3.31. The van der Waals surface area contributed by atoms with Crippen LogP contribution in [0.25, 0.3) is 0 Å². The van der Waals surface area contributed by atoms with E-state index in [1.807, 2.05) is 17.7 Å². The normalized spacial score (nSPS) is 22.6. The van der Waals surface area contributed by atoms with Crippen molar-refractivity contribution < 1.29 is 9.84 Å². The zero-order chi connectivity index (χ0) is 14.8. The van der Waals surface area contributed by atoms with Crippen molar-refractivity contribution in [2.75, 3.05) is 6.61 Å². The quantitative estimate of drug-likeness (QED) is 0.900. The van der Waals surface area contributed by atoms with Gasteiger partial charge in [0.25, 0.3) is 0 Å². The highest BCUT2D eigenvalue weighted by molar-refractivity contribution is 5.07. The molecule has 0 radical (unpaired) electrons. The minimum Gasteiger partial charge on any atom is -0.382 e. The number of rotatable bonds is 5. The van der Waals surface area contributed by atoms with Gasteiger partial charge in [0.1, 0.15) is 17.5 Å². The number of aliphatic hydroxyl groups excluding tert-OH is 1. The zero-order valence-electron chi connectivity index (χ0n) is 13.2. The highest BCUT2D eigenvalue weighted by atomic mass is 16.5. The topological polar surface area (TPSA) is 47.3 Å². The molecule has 1 aliphatic rings. The number of nitrogens with zero attached hydrogens (tertiary/aromatic N) is 2. The molecule has 1 N–H and O–H groups in total. The molecule has 4 nitrogen and oxygen atoms in total. The molecule has 0 amide bonds. The van der Waals surface area contributed by atoms with Crippen LogP contribution in [0.5, 0.6) is 0 Å². The SMILES string of the molecule is CCOC1(C(O)c2nccn2CC)CCC(C)(C)CC1. The van der Waals surface area contributed by atoms with E-state index in [4.69, 9.17) is 4.74 Å². The molecule has 0 bridgehead atoms. The first-order valence-electron chi connectivity index (χ1n) is 7.77. The highest BCUT2D eigenvalue weighted by Crippen LogP contribution is 2.47. The van der Waals surface area contributed by atoms with Gasteiger partial charge in [-0.15, -0.1) is 0 Å². The second-order valence-corrected chi connectivity index (χ2v) is 6.64. The third kappa shape index (κ3) is 2.91. The van der Waals surface area contributed by atoms with Crippen LogP contribution in [0.15, 0.2) is 12.4 Å². The summed E-state index contributed by atoms with van der Waals surface area (Å²) in [4.78, 5) is 4.36. The molecule has 2 rings (SSSR count). The van der Waals surface area contributed by atoms with Crippen molar-refractivity contribution in [1.29, 1.82) is 0 Å². The van der Waals surface area contributed by atoms with Gasteiger partial charge >= 0.3 is 0 Å². The van der Waals surface area contributed by atoms with Crippen molar-refractivity contribution >= 4 is 0 Å². The summed E-state index contributed by atoms with van der Waals surface area (Å²) < 4.78 is 8.05. The fourth-order valence-electron chi connectivity index (χ4n) is 3.21. The van der Waals surface area contributed by atoms with Gasteiger partial charge in [0, 0.05) is 25.5 Å². The summed E-state index contributed by atoms with van der Waals surface area (Å²) >= 11 is 0. The van der Waals surface area contributed by atoms with Crippen LogP contribution in [0.3, 0.4) is 0 Å². The lowest BCUT2D eigenvalue weighted by molar-refractivity contribution is -0.156. The smallest absolute Gasteiger partial charge is 0.141 e. The van der Waals surface area contributed by atoms with Crippen molar-refractivity contribution in [2.45, 2.75) is 71.6 Å². The number of aliphatic hydroxyl groups is 1. The molecule has 0 saturated heterocycles. The average molecular weight is 280 g/mol. The van der Waals surface area contributed by atoms with E-state index in [0.717, 1.165) is 38.1 Å². The highest BCUT2D eigenvalue weighted by Gasteiger charge is 2.46. The fourth-order valence-corrected chi connectivity index (χ4v) is 3.21. The third-order valence-corrected chi connectivity index (χ3v) is 4.71. The second-order valence-electron chi connectivity index (χ2n) is 6.64. The monoisotopic (exact) mass is 280 g/mol. The maximum absolute atomic E-state index is 10.9. The summed E-state index contributed by atoms with van der Waals surface area (Å²) in [5.41, 5.74) is -0.122. The Morgan fingerprint density at radius 3 is 2.50 bits per heavy atom. The molecule has 1 atom stereocenters. The Bertz CT molecular complexity index is 429. The number of ether oxygens (including phenoxy) is 1. The summed E-state index contributed by atoms with van der Waals surface area (Å²) in [6.07, 6.45) is 6.98. The molecule has 1 aliphatic carbocycles. The first-order chi connectivity index (χ1) is 9.44. The van der Waals surface area contributed by atoms with Crippen molar-refractivity contribution in [3.05, 3.63) is 18.2 Å². The molecule has 20 heavy (non-hydrogen) atoms. The van der Waals surface area contributed by atoms with Crippen LogP contribution in [0, 0.1) is 5.41 Å². The second kappa shape index (κ2) is 5.86. The lowest BCUT2D eigenvalue weighted by Gasteiger charge is -2.45. The van der Waals surface area contributed by atoms with Gasteiger partial charge in [0.2, 0.25) is 0 Å². The van der Waals surface area contributed by atoms with Crippen LogP contribution in [-0.2, 0) is 11.3 Å². The number of aryl methyl sites for hydroxylation is 1. The fraction of sp³-hybridized carbons (Fsp3) is 0.812. The Kier molecular flexibility index (Phi) is 4.55. The van der Waals surface area contributed by atoms with E-state index in [-0.39, 0.29) is 0 Å². The van der Waals surface area contributed by atoms with Crippen LogP contribution < -0.4 is 0 Å². The lowest BCUT2D eigenvalue weighted by atomic mass is 9.69. The van der Waals surface area contributed by atoms with Crippen molar-refractivity contribution in [3.8, 4) is 0 Å². The van der Waals surface area contributed by atoms with Crippen LogP contribution in [-0.4, -0.2) is 26.9 Å². The van der Waals surface area contributed by atoms with Crippen LogP contribution in [0.4, 0.5) is 0 Å². The van der Waals surface area contributed by atoms with E-state index in [0.29, 0.717) is 12.0 Å². The van der Waals surface area contributed by atoms with Gasteiger partial charge in [0.05, 0.1) is 0 Å². The molecule has 1 saturated carbocycles. The van der Waals surface area contributed by atoms with Gasteiger partial charge in [-0.3, -0.25) is 0 Å². The molecule has 4 heteroatoms. The molecule has 1 unspecified atom stereocenters. The third-order valence-electron chi connectivity index (χ3n) is 4.71. The molecule has 114 valence electrons. The first kappa shape index (κ1) is 15.5. The van der Waals surface area contributed by atoms with Crippen LogP contribution in [0.1, 0.15) is 65.3 Å². The molecule has 1 aromatic rings. The minimum absolute atomic E-state index is 0.348. The molecule has 1 heterocycles. The van der Waals surface area contributed by atoms with Crippen molar-refractivity contribution in [2.24, 2.45) is 5.41 Å². The predicted molar refractivity (Wildman–Crippen MR) is 79.5 cm³/mol. The van der Waals surface area contributed by atoms with Gasteiger partial charge in [0.15, 0.2) is 0 Å². The summed E-state index contributed by atoms with van der Waals surface area (Å²) in [6.45, 7) is 10.1. The average Bonchev–Trinajstić information content (AvgIpc) is 2.89. The van der Waals surface area contributed by atoms with Crippen LogP contribution >= 0.6 is 0 Å². The van der Waals surface area contributed by atoms with E-state index < -0.39 is 11.7 Å². The van der Waals surface area contributed by atoms with E-state index in [9.17, 15) is 5.11 Å². The van der Waals surface area contributed by atoms with E-state index in [1.54, 1.807) is 6.20 Å². The summed E-state index contributed by atoms with van der Waals surface area (Å²) in [6, 6.07) is 0. The maximum Gasteiger partial charge on any atom is 0.141 e. The summed E-state index contributed by atoms with van der Waals surface area (Å²) in [5, 5.41) is 10.9. The van der Waals surface area contributed by atoms with E-state index in [1.165, 1.54) is 0 Å². The van der Waals surface area contributed by atoms with Crippen molar-refractivity contribution in [1.82, 2.24) is 9.55 Å². The Morgan fingerprint density at radius 1 is 1.30 bits per heavy atom. The molecular formula is C16H28N2O2. The van der Waals surface area contributed by atoms with Crippen molar-refractivity contribution in [3.63, 3.8) is 0 Å². The van der Waals surface area contributed by atoms with Gasteiger partial charge in [-0.1, -0.05) is 13.8 Å². The lowest BCUT2D eigenvalue weighted by Crippen LogP contribution is -2.45. The van der Waals surface area contributed by atoms with E-state index >= 15 is 0 Å². The number of hydrogen-bond acceptors (Lipinski definition) is 3. The summed E-state index contributed by atoms with van der Waals surface area (Å²) in [5.74, 6) is 0.737. The molecule has 1 aromatic heterocycles. The largest absolute Gasteiger partial charge is 0.382 e. The molecule has 0 aromatic carbocycles. The number of hydrogen-bond donors (Lipinski definition) is 1. The summed E-state index contributed by atoms with van der Waals surface area (Å²) in [7, 11) is 0. The Labute approximate surface area is 122 Å². The first-order valence-corrected chi connectivity index (χ1v) is 7.77. The Hall–Kier alpha value is -0.870. The number of imidazole rings is 1. The van der Waals surface area contributed by atoms with E-state index in [2.05, 4.69) is 25.8 Å². The zero-order valence-corrected chi connectivity index (χ0v) is 13.2. The Morgan fingerprint density at radius 2 is 1.95 bits per heavy atom. The molecule has 1 fully saturated rings. The van der Waals surface area contributed by atoms with Gasteiger partial charge in [-0.05, 0) is 44.9 Å². The van der Waals surface area contributed by atoms with Gasteiger partial charge < -0.3 is 14.4 Å².